The van der Waals surface area contributed by atoms with Crippen LogP contribution >= 0.6 is 0 Å². The van der Waals surface area contributed by atoms with Crippen molar-refractivity contribution in [1.29, 1.82) is 0 Å². The Morgan fingerprint density at radius 1 is 1.20 bits per heavy atom. The summed E-state index contributed by atoms with van der Waals surface area (Å²) in [6, 6.07) is 0. The number of hydrogen-bond acceptors (Lipinski definition) is 3. The molecule has 2 aliphatic rings. The quantitative estimate of drug-likeness (QED) is 0.625. The van der Waals surface area contributed by atoms with Gasteiger partial charge in [0.15, 0.2) is 0 Å². The predicted molar refractivity (Wildman–Crippen MR) is 82.9 cm³/mol. The van der Waals surface area contributed by atoms with Gasteiger partial charge in [0.25, 0.3) is 0 Å². The molecule has 2 rings (SSSR count). The van der Waals surface area contributed by atoms with E-state index in [-0.39, 0.29) is 0 Å². The van der Waals surface area contributed by atoms with E-state index in [1.807, 2.05) is 0 Å². The second-order valence-corrected chi connectivity index (χ2v) is 7.32. The zero-order chi connectivity index (χ0) is 14.4. The zero-order valence-corrected chi connectivity index (χ0v) is 13.6. The third kappa shape index (κ3) is 4.19. The van der Waals surface area contributed by atoms with Crippen LogP contribution in [0.5, 0.6) is 0 Å². The average molecular weight is 283 g/mol. The van der Waals surface area contributed by atoms with Crippen LogP contribution in [0.3, 0.4) is 0 Å². The third-order valence-corrected chi connectivity index (χ3v) is 5.31. The Morgan fingerprint density at radius 2 is 2.05 bits per heavy atom. The van der Waals surface area contributed by atoms with Gasteiger partial charge in [-0.1, -0.05) is 20.3 Å². The first-order valence-electron chi connectivity index (χ1n) is 8.43. The summed E-state index contributed by atoms with van der Waals surface area (Å²) < 4.78 is 10.8. The molecule has 3 heteroatoms. The van der Waals surface area contributed by atoms with E-state index in [9.17, 15) is 0 Å². The Bertz CT molecular complexity index is 282. The van der Waals surface area contributed by atoms with E-state index in [0.717, 1.165) is 37.5 Å². The largest absolute Gasteiger partial charge is 0.382 e. The number of hydrogen-bond donors (Lipinski definition) is 1. The smallest absolute Gasteiger partial charge is 0.0700 e. The van der Waals surface area contributed by atoms with E-state index in [1.54, 1.807) is 7.11 Å². The van der Waals surface area contributed by atoms with Crippen molar-refractivity contribution in [1.82, 2.24) is 5.32 Å². The van der Waals surface area contributed by atoms with Crippen LogP contribution in [0, 0.1) is 23.2 Å². The molecule has 3 unspecified atom stereocenters. The van der Waals surface area contributed by atoms with E-state index in [1.165, 1.54) is 38.6 Å². The Labute approximate surface area is 124 Å². The highest BCUT2D eigenvalue weighted by atomic mass is 16.5. The second-order valence-electron chi connectivity index (χ2n) is 7.32. The van der Waals surface area contributed by atoms with E-state index < -0.39 is 0 Å². The van der Waals surface area contributed by atoms with Gasteiger partial charge in [0.05, 0.1) is 13.2 Å². The van der Waals surface area contributed by atoms with Gasteiger partial charge >= 0.3 is 0 Å². The monoisotopic (exact) mass is 283 g/mol. The van der Waals surface area contributed by atoms with Crippen molar-refractivity contribution in [2.75, 3.05) is 40.0 Å². The second kappa shape index (κ2) is 7.77. The molecular weight excluding hydrogens is 250 g/mol. The summed E-state index contributed by atoms with van der Waals surface area (Å²) in [5.41, 5.74) is 0.519. The van der Waals surface area contributed by atoms with E-state index in [4.69, 9.17) is 9.47 Å². The number of rotatable bonds is 10. The summed E-state index contributed by atoms with van der Waals surface area (Å²) in [4.78, 5) is 0. The van der Waals surface area contributed by atoms with Gasteiger partial charge in [0.2, 0.25) is 0 Å². The lowest BCUT2D eigenvalue weighted by molar-refractivity contribution is 0.0356. The van der Waals surface area contributed by atoms with Gasteiger partial charge in [-0.3, -0.25) is 0 Å². The zero-order valence-electron chi connectivity index (χ0n) is 13.6. The Kier molecular flexibility index (Phi) is 6.31. The van der Waals surface area contributed by atoms with Crippen molar-refractivity contribution >= 4 is 0 Å². The lowest BCUT2D eigenvalue weighted by Crippen LogP contribution is -2.40. The first-order chi connectivity index (χ1) is 9.66. The molecule has 1 N–H and O–H groups in total. The molecule has 0 saturated heterocycles. The van der Waals surface area contributed by atoms with E-state index >= 15 is 0 Å². The molecule has 0 radical (unpaired) electrons. The summed E-state index contributed by atoms with van der Waals surface area (Å²) in [6.07, 6.45) is 7.05. The van der Waals surface area contributed by atoms with Crippen LogP contribution in [0.1, 0.15) is 46.0 Å². The van der Waals surface area contributed by atoms with Gasteiger partial charge in [-0.25, -0.2) is 0 Å². The maximum Gasteiger partial charge on any atom is 0.0700 e. The summed E-state index contributed by atoms with van der Waals surface area (Å²) in [5, 5.41) is 3.72. The Balaban J connectivity index is 1.78. The number of nitrogens with one attached hydrogen (secondary N) is 1. The van der Waals surface area contributed by atoms with E-state index in [0.29, 0.717) is 12.0 Å². The van der Waals surface area contributed by atoms with Crippen LogP contribution in [-0.2, 0) is 9.47 Å². The molecule has 2 bridgehead atoms. The molecule has 2 saturated carbocycles. The minimum absolute atomic E-state index is 0.519. The summed E-state index contributed by atoms with van der Waals surface area (Å²) in [6.45, 7) is 9.26. The van der Waals surface area contributed by atoms with Crippen molar-refractivity contribution in [3.63, 3.8) is 0 Å². The SMILES string of the molecule is COCCOCCC1(CNCC(C)C)CC2CCC1C2. The Hall–Kier alpha value is -0.120. The first kappa shape index (κ1) is 16.3. The third-order valence-electron chi connectivity index (χ3n) is 5.31. The molecule has 118 valence electrons. The minimum atomic E-state index is 0.519. The van der Waals surface area contributed by atoms with Crippen LogP contribution in [0.2, 0.25) is 0 Å². The van der Waals surface area contributed by atoms with Gasteiger partial charge in [-0.2, -0.15) is 0 Å². The summed E-state index contributed by atoms with van der Waals surface area (Å²) in [5.74, 6) is 2.68. The van der Waals surface area contributed by atoms with Gasteiger partial charge in [0.1, 0.15) is 0 Å². The van der Waals surface area contributed by atoms with Crippen molar-refractivity contribution in [3.8, 4) is 0 Å². The Morgan fingerprint density at radius 3 is 2.65 bits per heavy atom. The van der Waals surface area contributed by atoms with Crippen molar-refractivity contribution in [2.45, 2.75) is 46.0 Å². The lowest BCUT2D eigenvalue weighted by Gasteiger charge is -2.38. The molecule has 2 aliphatic carbocycles. The fourth-order valence-corrected chi connectivity index (χ4v) is 4.30. The van der Waals surface area contributed by atoms with Crippen molar-refractivity contribution in [2.24, 2.45) is 23.2 Å². The fourth-order valence-electron chi connectivity index (χ4n) is 4.30. The molecule has 0 aromatic heterocycles. The number of methoxy groups -OCH3 is 1. The normalized spacial score (nSPS) is 32.4. The molecule has 0 aromatic rings. The molecule has 20 heavy (non-hydrogen) atoms. The molecule has 3 atom stereocenters. The molecular formula is C17H33NO2. The highest BCUT2D eigenvalue weighted by molar-refractivity contribution is 5.01. The predicted octanol–water partition coefficient (Wildman–Crippen LogP) is 3.09. The molecule has 0 amide bonds. The van der Waals surface area contributed by atoms with Crippen LogP contribution in [-0.4, -0.2) is 40.0 Å². The lowest BCUT2D eigenvalue weighted by atomic mass is 9.71. The average Bonchev–Trinajstić information content (AvgIpc) is 2.99. The molecule has 0 spiro atoms. The molecule has 3 nitrogen and oxygen atoms in total. The van der Waals surface area contributed by atoms with Gasteiger partial charge in [0, 0.05) is 20.3 Å². The summed E-state index contributed by atoms with van der Waals surface area (Å²) in [7, 11) is 1.73. The summed E-state index contributed by atoms with van der Waals surface area (Å²) >= 11 is 0. The number of ether oxygens (including phenoxy) is 2. The van der Waals surface area contributed by atoms with Crippen molar-refractivity contribution in [3.05, 3.63) is 0 Å². The highest BCUT2D eigenvalue weighted by Crippen LogP contribution is 2.57. The molecule has 2 fully saturated rings. The maximum absolute atomic E-state index is 5.74. The number of fused-ring (bicyclic) bond motifs is 2. The first-order valence-corrected chi connectivity index (χ1v) is 8.43. The van der Waals surface area contributed by atoms with Gasteiger partial charge in [-0.05, 0) is 55.4 Å². The highest BCUT2D eigenvalue weighted by Gasteiger charge is 2.49. The molecule has 0 aliphatic heterocycles. The fraction of sp³-hybridized carbons (Fsp3) is 1.00. The molecule has 0 heterocycles. The van der Waals surface area contributed by atoms with Crippen molar-refractivity contribution < 1.29 is 9.47 Å². The van der Waals surface area contributed by atoms with Gasteiger partial charge in [-0.15, -0.1) is 0 Å². The standard InChI is InChI=1S/C17H33NO2/c1-14(2)12-18-13-17(6-7-20-9-8-19-3)11-15-4-5-16(17)10-15/h14-16,18H,4-13H2,1-3H3. The van der Waals surface area contributed by atoms with E-state index in [2.05, 4.69) is 19.2 Å². The maximum atomic E-state index is 5.74. The van der Waals surface area contributed by atoms with Crippen LogP contribution in [0.25, 0.3) is 0 Å². The van der Waals surface area contributed by atoms with Crippen LogP contribution < -0.4 is 5.32 Å². The minimum Gasteiger partial charge on any atom is -0.382 e. The topological polar surface area (TPSA) is 30.5 Å². The van der Waals surface area contributed by atoms with Crippen LogP contribution in [0.4, 0.5) is 0 Å². The van der Waals surface area contributed by atoms with Gasteiger partial charge < -0.3 is 14.8 Å². The molecule has 0 aromatic carbocycles. The van der Waals surface area contributed by atoms with Crippen LogP contribution in [0.15, 0.2) is 0 Å².